The van der Waals surface area contributed by atoms with E-state index in [2.05, 4.69) is 0 Å². The molecule has 1 N–H and O–H groups in total. The summed E-state index contributed by atoms with van der Waals surface area (Å²) in [5, 5.41) is 9.11. The fourth-order valence-electron chi connectivity index (χ4n) is 2.45. The first-order valence-corrected chi connectivity index (χ1v) is 5.87. The van der Waals surface area contributed by atoms with Crippen molar-refractivity contribution in [3.63, 3.8) is 0 Å². The molecule has 0 saturated carbocycles. The number of hydrogen-bond acceptors (Lipinski definition) is 2. The Hall–Kier alpha value is -2.05. The van der Waals surface area contributed by atoms with E-state index in [0.717, 1.165) is 12.1 Å². The molecule has 20 heavy (non-hydrogen) atoms. The number of aliphatic carboxylic acids is 1. The zero-order chi connectivity index (χ0) is 15.1. The number of likely N-dealkylation sites (tertiary alicyclic amines) is 1. The van der Waals surface area contributed by atoms with Gasteiger partial charge in [0, 0.05) is 13.5 Å². The SMILES string of the molecule is CN1C(=O)CC(C(=O)O)C1c1cccc(C(F)(F)F)c1. The molecule has 1 heterocycles. The molecule has 108 valence electrons. The summed E-state index contributed by atoms with van der Waals surface area (Å²) in [4.78, 5) is 23.9. The summed E-state index contributed by atoms with van der Waals surface area (Å²) in [6.07, 6.45) is -4.71. The summed E-state index contributed by atoms with van der Waals surface area (Å²) < 4.78 is 38.1. The van der Waals surface area contributed by atoms with Crippen molar-refractivity contribution < 1.29 is 27.9 Å². The molecule has 2 unspecified atom stereocenters. The molecule has 4 nitrogen and oxygen atoms in total. The Bertz CT molecular complexity index is 556. The van der Waals surface area contributed by atoms with Crippen LogP contribution in [0.4, 0.5) is 13.2 Å². The summed E-state index contributed by atoms with van der Waals surface area (Å²) in [7, 11) is 1.40. The normalized spacial score (nSPS) is 23.2. The number of carboxylic acids is 1. The summed E-state index contributed by atoms with van der Waals surface area (Å²) in [5.74, 6) is -2.61. The van der Waals surface area contributed by atoms with E-state index in [4.69, 9.17) is 5.11 Å². The van der Waals surface area contributed by atoms with Gasteiger partial charge >= 0.3 is 12.1 Å². The van der Waals surface area contributed by atoms with Crippen molar-refractivity contribution in [3.05, 3.63) is 35.4 Å². The molecule has 1 aliphatic heterocycles. The molecule has 0 radical (unpaired) electrons. The average Bonchev–Trinajstić information content (AvgIpc) is 2.65. The number of carbonyl (C=O) groups is 2. The van der Waals surface area contributed by atoms with E-state index < -0.39 is 29.7 Å². The largest absolute Gasteiger partial charge is 0.481 e. The van der Waals surface area contributed by atoms with Crippen LogP contribution < -0.4 is 0 Å². The lowest BCUT2D eigenvalue weighted by Crippen LogP contribution is -2.27. The van der Waals surface area contributed by atoms with Gasteiger partial charge in [-0.3, -0.25) is 9.59 Å². The van der Waals surface area contributed by atoms with Gasteiger partial charge in [0.05, 0.1) is 17.5 Å². The van der Waals surface area contributed by atoms with Crippen LogP contribution in [0, 0.1) is 5.92 Å². The molecule has 0 spiro atoms. The number of amides is 1. The van der Waals surface area contributed by atoms with Crippen molar-refractivity contribution in [1.82, 2.24) is 4.90 Å². The van der Waals surface area contributed by atoms with Gasteiger partial charge in [0.25, 0.3) is 0 Å². The molecule has 0 aromatic heterocycles. The zero-order valence-corrected chi connectivity index (χ0v) is 10.5. The maximum atomic E-state index is 12.7. The lowest BCUT2D eigenvalue weighted by molar-refractivity contribution is -0.142. The van der Waals surface area contributed by atoms with E-state index in [1.807, 2.05) is 0 Å². The van der Waals surface area contributed by atoms with Gasteiger partial charge in [-0.2, -0.15) is 13.2 Å². The van der Waals surface area contributed by atoms with Gasteiger partial charge < -0.3 is 10.0 Å². The molecule has 1 fully saturated rings. The number of carbonyl (C=O) groups excluding carboxylic acids is 1. The number of benzene rings is 1. The molecule has 1 aromatic carbocycles. The second kappa shape index (κ2) is 4.81. The van der Waals surface area contributed by atoms with Gasteiger partial charge in [-0.25, -0.2) is 0 Å². The van der Waals surface area contributed by atoms with Crippen LogP contribution in [-0.2, 0) is 15.8 Å². The highest BCUT2D eigenvalue weighted by atomic mass is 19.4. The monoisotopic (exact) mass is 287 g/mol. The smallest absolute Gasteiger partial charge is 0.416 e. The van der Waals surface area contributed by atoms with Crippen LogP contribution in [0.15, 0.2) is 24.3 Å². The molecule has 0 bridgehead atoms. The van der Waals surface area contributed by atoms with Crippen LogP contribution in [-0.4, -0.2) is 28.9 Å². The Kier molecular flexibility index (Phi) is 3.45. The molecule has 1 saturated heterocycles. The predicted molar refractivity (Wildman–Crippen MR) is 62.7 cm³/mol. The Labute approximate surface area is 112 Å². The number of rotatable bonds is 2. The lowest BCUT2D eigenvalue weighted by Gasteiger charge is -2.24. The second-order valence-electron chi connectivity index (χ2n) is 4.72. The molecule has 2 atom stereocenters. The van der Waals surface area contributed by atoms with Crippen molar-refractivity contribution in [2.24, 2.45) is 5.92 Å². The molecule has 1 aliphatic rings. The number of alkyl halides is 3. The number of hydrogen-bond donors (Lipinski definition) is 1. The van der Waals surface area contributed by atoms with Gasteiger partial charge in [-0.05, 0) is 17.7 Å². The maximum Gasteiger partial charge on any atom is 0.416 e. The third-order valence-corrected chi connectivity index (χ3v) is 3.46. The first-order chi connectivity index (χ1) is 9.21. The van der Waals surface area contributed by atoms with Crippen LogP contribution in [0.3, 0.4) is 0 Å². The standard InChI is InChI=1S/C13H12F3NO3/c1-17-10(18)6-9(12(19)20)11(17)7-3-2-4-8(5-7)13(14,15)16/h2-5,9,11H,6H2,1H3,(H,19,20). The van der Waals surface area contributed by atoms with E-state index in [1.54, 1.807) is 0 Å². The number of nitrogens with zero attached hydrogens (tertiary/aromatic N) is 1. The minimum Gasteiger partial charge on any atom is -0.481 e. The van der Waals surface area contributed by atoms with E-state index in [1.165, 1.54) is 24.1 Å². The number of halogens is 3. The Balaban J connectivity index is 2.43. The Morgan fingerprint density at radius 1 is 1.40 bits per heavy atom. The van der Waals surface area contributed by atoms with Crippen LogP contribution >= 0.6 is 0 Å². The van der Waals surface area contributed by atoms with Crippen molar-refractivity contribution >= 4 is 11.9 Å². The average molecular weight is 287 g/mol. The molecule has 7 heteroatoms. The minimum atomic E-state index is -4.50. The highest BCUT2D eigenvalue weighted by Gasteiger charge is 2.43. The second-order valence-corrected chi connectivity index (χ2v) is 4.72. The van der Waals surface area contributed by atoms with Gasteiger partial charge in [0.15, 0.2) is 0 Å². The Morgan fingerprint density at radius 3 is 2.60 bits per heavy atom. The quantitative estimate of drug-likeness (QED) is 0.908. The summed E-state index contributed by atoms with van der Waals surface area (Å²) >= 11 is 0. The van der Waals surface area contributed by atoms with Crippen molar-refractivity contribution in [1.29, 1.82) is 0 Å². The fraction of sp³-hybridized carbons (Fsp3) is 0.385. The van der Waals surface area contributed by atoms with Crippen LogP contribution in [0.25, 0.3) is 0 Å². The predicted octanol–water partition coefficient (Wildman–Crippen LogP) is 2.31. The van der Waals surface area contributed by atoms with Gasteiger partial charge in [-0.15, -0.1) is 0 Å². The maximum absolute atomic E-state index is 12.7. The zero-order valence-electron chi connectivity index (χ0n) is 10.5. The molecular formula is C13H12F3NO3. The summed E-state index contributed by atoms with van der Waals surface area (Å²) in [5.41, 5.74) is -0.674. The molecule has 1 aromatic rings. The van der Waals surface area contributed by atoms with Crippen LogP contribution in [0.2, 0.25) is 0 Å². The van der Waals surface area contributed by atoms with Gasteiger partial charge in [0.1, 0.15) is 0 Å². The number of carboxylic acid groups (broad SMARTS) is 1. The van der Waals surface area contributed by atoms with E-state index in [9.17, 15) is 22.8 Å². The Morgan fingerprint density at radius 2 is 2.05 bits per heavy atom. The van der Waals surface area contributed by atoms with Crippen molar-refractivity contribution in [2.45, 2.75) is 18.6 Å². The third kappa shape index (κ3) is 2.48. The molecule has 0 aliphatic carbocycles. The van der Waals surface area contributed by atoms with E-state index >= 15 is 0 Å². The van der Waals surface area contributed by atoms with E-state index in [-0.39, 0.29) is 17.9 Å². The van der Waals surface area contributed by atoms with Gasteiger partial charge in [-0.1, -0.05) is 12.1 Å². The third-order valence-electron chi connectivity index (χ3n) is 3.46. The highest BCUT2D eigenvalue weighted by Crippen LogP contribution is 2.39. The fourth-order valence-corrected chi connectivity index (χ4v) is 2.45. The first kappa shape index (κ1) is 14.4. The van der Waals surface area contributed by atoms with Crippen molar-refractivity contribution in [3.8, 4) is 0 Å². The minimum absolute atomic E-state index is 0.181. The molecule has 2 rings (SSSR count). The lowest BCUT2D eigenvalue weighted by atomic mass is 9.93. The van der Waals surface area contributed by atoms with E-state index in [0.29, 0.717) is 0 Å². The molecule has 1 amide bonds. The molecular weight excluding hydrogens is 275 g/mol. The first-order valence-electron chi connectivity index (χ1n) is 5.87. The summed E-state index contributed by atoms with van der Waals surface area (Å²) in [6, 6.07) is 3.56. The van der Waals surface area contributed by atoms with Gasteiger partial charge in [0.2, 0.25) is 5.91 Å². The highest BCUT2D eigenvalue weighted by molar-refractivity contribution is 5.87. The summed E-state index contributed by atoms with van der Waals surface area (Å²) in [6.45, 7) is 0. The van der Waals surface area contributed by atoms with Crippen LogP contribution in [0.5, 0.6) is 0 Å². The van der Waals surface area contributed by atoms with Crippen LogP contribution in [0.1, 0.15) is 23.6 Å². The topological polar surface area (TPSA) is 57.6 Å². The van der Waals surface area contributed by atoms with Crippen molar-refractivity contribution in [2.75, 3.05) is 7.05 Å².